The highest BCUT2D eigenvalue weighted by molar-refractivity contribution is 7.93. The fraction of sp³-hybridized carbons (Fsp3) is 0.667. The van der Waals surface area contributed by atoms with Gasteiger partial charge in [0.15, 0.2) is 15.1 Å². The zero-order valence-corrected chi connectivity index (χ0v) is 7.41. The molecule has 7 heteroatoms. The molecule has 1 saturated heterocycles. The minimum Gasteiger partial charge on any atom is -0.480 e. The average molecular weight is 208 g/mol. The molecule has 1 heterocycles. The summed E-state index contributed by atoms with van der Waals surface area (Å²) in [4.78, 5) is 21.0. The summed E-state index contributed by atoms with van der Waals surface area (Å²) in [6.45, 7) is 0.0440. The van der Waals surface area contributed by atoms with Gasteiger partial charge in [0, 0.05) is 6.42 Å². The maximum absolute atomic E-state index is 11.2. The fourth-order valence-electron chi connectivity index (χ4n) is 1.08. The first-order valence-corrected chi connectivity index (χ1v) is 5.25. The first kappa shape index (κ1) is 9.97. The van der Waals surface area contributed by atoms with Gasteiger partial charge in [0.25, 0.3) is 0 Å². The van der Waals surface area contributed by atoms with Crippen LogP contribution in [0.3, 0.4) is 0 Å². The smallest absolute Gasteiger partial charge is 0.324 e. The van der Waals surface area contributed by atoms with Crippen LogP contribution in [0.5, 0.6) is 0 Å². The Bertz CT molecular complexity index is 329. The molecule has 0 bridgehead atoms. The Morgan fingerprint density at radius 1 is 1.62 bits per heavy atom. The summed E-state index contributed by atoms with van der Waals surface area (Å²) in [7, 11) is -3.88. The molecule has 0 radical (unpaired) electrons. The maximum atomic E-state index is 11.2. The Balaban J connectivity index is 2.80. The number of carbonyl (C=O) groups is 2. The highest BCUT2D eigenvalue weighted by atomic mass is 32.2. The second-order valence-electron chi connectivity index (χ2n) is 2.65. The minimum absolute atomic E-state index is 0.0440. The minimum atomic E-state index is -3.88. The van der Waals surface area contributed by atoms with Gasteiger partial charge in [-0.3, -0.25) is 9.59 Å². The first-order chi connectivity index (χ1) is 5.93. The van der Waals surface area contributed by atoms with Gasteiger partial charge in [0.05, 0.1) is 6.61 Å². The van der Waals surface area contributed by atoms with E-state index in [-0.39, 0.29) is 13.0 Å². The largest absolute Gasteiger partial charge is 0.480 e. The van der Waals surface area contributed by atoms with Crippen LogP contribution in [0.4, 0.5) is 0 Å². The summed E-state index contributed by atoms with van der Waals surface area (Å²) in [5, 5.41) is 6.98. The summed E-state index contributed by atoms with van der Waals surface area (Å²) in [6, 6.07) is 0. The maximum Gasteiger partial charge on any atom is 0.324 e. The van der Waals surface area contributed by atoms with Gasteiger partial charge in [-0.1, -0.05) is 0 Å². The van der Waals surface area contributed by atoms with E-state index in [1.807, 2.05) is 0 Å². The SMILES string of the molecule is O=C(O)CS(=O)(=O)C1CCOC1=O. The fourth-order valence-corrected chi connectivity index (χ4v) is 2.44. The van der Waals surface area contributed by atoms with Gasteiger partial charge in [-0.25, -0.2) is 8.42 Å². The lowest BCUT2D eigenvalue weighted by molar-refractivity contribution is -0.137. The molecular formula is C6H8O6S. The van der Waals surface area contributed by atoms with Crippen molar-refractivity contribution in [3.63, 3.8) is 0 Å². The molecule has 0 spiro atoms. The van der Waals surface area contributed by atoms with Crippen LogP contribution in [0.1, 0.15) is 6.42 Å². The highest BCUT2D eigenvalue weighted by Crippen LogP contribution is 2.15. The molecule has 1 fully saturated rings. The Labute approximate surface area is 74.4 Å². The van der Waals surface area contributed by atoms with Crippen LogP contribution >= 0.6 is 0 Å². The Morgan fingerprint density at radius 2 is 2.23 bits per heavy atom. The van der Waals surface area contributed by atoms with Gasteiger partial charge in [0.2, 0.25) is 0 Å². The van der Waals surface area contributed by atoms with Crippen molar-refractivity contribution in [1.29, 1.82) is 0 Å². The molecule has 0 amide bonds. The van der Waals surface area contributed by atoms with E-state index in [0.29, 0.717) is 0 Å². The molecule has 0 aliphatic carbocycles. The predicted octanol–water partition coefficient (Wildman–Crippen LogP) is -1.20. The number of rotatable bonds is 3. The third-order valence-corrected chi connectivity index (χ3v) is 3.59. The number of carbonyl (C=O) groups excluding carboxylic acids is 1. The lowest BCUT2D eigenvalue weighted by atomic mass is 10.4. The van der Waals surface area contributed by atoms with Crippen molar-refractivity contribution in [2.45, 2.75) is 11.7 Å². The molecule has 1 aliphatic rings. The van der Waals surface area contributed by atoms with E-state index >= 15 is 0 Å². The number of carboxylic acids is 1. The third kappa shape index (κ3) is 2.18. The van der Waals surface area contributed by atoms with Gasteiger partial charge in [-0.2, -0.15) is 0 Å². The number of sulfone groups is 1. The number of esters is 1. The molecule has 74 valence electrons. The molecule has 1 atom stereocenters. The molecule has 1 rings (SSSR count). The number of carboxylic acid groups (broad SMARTS) is 1. The van der Waals surface area contributed by atoms with Crippen molar-refractivity contribution in [3.05, 3.63) is 0 Å². The topological polar surface area (TPSA) is 97.7 Å². The normalized spacial score (nSPS) is 22.8. The summed E-state index contributed by atoms with van der Waals surface area (Å²) in [6.07, 6.45) is 0.0500. The monoisotopic (exact) mass is 208 g/mol. The lowest BCUT2D eigenvalue weighted by Crippen LogP contribution is -2.31. The van der Waals surface area contributed by atoms with Crippen LogP contribution in [0.2, 0.25) is 0 Å². The van der Waals surface area contributed by atoms with E-state index in [4.69, 9.17) is 5.11 Å². The summed E-state index contributed by atoms with van der Waals surface area (Å²) >= 11 is 0. The predicted molar refractivity (Wildman–Crippen MR) is 40.8 cm³/mol. The molecule has 0 aromatic rings. The summed E-state index contributed by atoms with van der Waals surface area (Å²) in [5.41, 5.74) is 0. The lowest BCUT2D eigenvalue weighted by Gasteiger charge is -2.04. The van der Waals surface area contributed by atoms with Crippen molar-refractivity contribution in [1.82, 2.24) is 0 Å². The highest BCUT2D eigenvalue weighted by Gasteiger charge is 2.39. The number of cyclic esters (lactones) is 1. The van der Waals surface area contributed by atoms with E-state index in [1.54, 1.807) is 0 Å². The summed E-state index contributed by atoms with van der Waals surface area (Å²) in [5.74, 6) is -3.33. The van der Waals surface area contributed by atoms with Crippen LogP contribution in [0.25, 0.3) is 0 Å². The zero-order chi connectivity index (χ0) is 10.1. The Kier molecular flexibility index (Phi) is 2.55. The van der Waals surface area contributed by atoms with Gasteiger partial charge < -0.3 is 9.84 Å². The second-order valence-corrected chi connectivity index (χ2v) is 4.83. The van der Waals surface area contributed by atoms with Crippen LogP contribution in [-0.4, -0.2) is 43.1 Å². The van der Waals surface area contributed by atoms with Gasteiger partial charge in [0.1, 0.15) is 5.75 Å². The van der Waals surface area contributed by atoms with Crippen molar-refractivity contribution >= 4 is 21.8 Å². The standard InChI is InChI=1S/C6H8O6S/c7-5(8)3-13(10,11)4-1-2-12-6(4)9/h4H,1-3H2,(H,7,8). The van der Waals surface area contributed by atoms with Crippen molar-refractivity contribution in [2.75, 3.05) is 12.4 Å². The number of hydrogen-bond donors (Lipinski definition) is 1. The van der Waals surface area contributed by atoms with E-state index in [0.717, 1.165) is 0 Å². The zero-order valence-electron chi connectivity index (χ0n) is 6.60. The van der Waals surface area contributed by atoms with E-state index in [1.165, 1.54) is 0 Å². The average Bonchev–Trinajstić information content (AvgIpc) is 2.32. The van der Waals surface area contributed by atoms with Gasteiger partial charge in [-0.05, 0) is 0 Å². The summed E-state index contributed by atoms with van der Waals surface area (Å²) < 4.78 is 26.8. The van der Waals surface area contributed by atoms with Crippen molar-refractivity contribution < 1.29 is 27.9 Å². The van der Waals surface area contributed by atoms with Crippen LogP contribution in [-0.2, 0) is 24.2 Å². The van der Waals surface area contributed by atoms with E-state index < -0.39 is 32.8 Å². The quantitative estimate of drug-likeness (QED) is 0.585. The Morgan fingerprint density at radius 3 is 2.62 bits per heavy atom. The number of hydrogen-bond acceptors (Lipinski definition) is 5. The number of ether oxygens (including phenoxy) is 1. The molecule has 6 nitrogen and oxygen atoms in total. The molecule has 0 saturated carbocycles. The van der Waals surface area contributed by atoms with Crippen molar-refractivity contribution in [2.24, 2.45) is 0 Å². The van der Waals surface area contributed by atoms with Crippen LogP contribution < -0.4 is 0 Å². The molecule has 1 unspecified atom stereocenters. The molecule has 1 N–H and O–H groups in total. The molecule has 0 aromatic heterocycles. The molecule has 13 heavy (non-hydrogen) atoms. The van der Waals surface area contributed by atoms with E-state index in [2.05, 4.69) is 4.74 Å². The number of aliphatic carboxylic acids is 1. The first-order valence-electron chi connectivity index (χ1n) is 3.53. The molecule has 0 aromatic carbocycles. The van der Waals surface area contributed by atoms with E-state index in [9.17, 15) is 18.0 Å². The van der Waals surface area contributed by atoms with Crippen molar-refractivity contribution in [3.8, 4) is 0 Å². The molecule has 1 aliphatic heterocycles. The third-order valence-electron chi connectivity index (χ3n) is 1.65. The Hall–Kier alpha value is -1.11. The van der Waals surface area contributed by atoms with Crippen LogP contribution in [0.15, 0.2) is 0 Å². The van der Waals surface area contributed by atoms with Gasteiger partial charge in [-0.15, -0.1) is 0 Å². The van der Waals surface area contributed by atoms with Crippen LogP contribution in [0, 0.1) is 0 Å². The molecular weight excluding hydrogens is 200 g/mol. The second kappa shape index (κ2) is 3.33. The van der Waals surface area contributed by atoms with Gasteiger partial charge >= 0.3 is 11.9 Å².